The number of carbonyl (C=O) groups excluding carboxylic acids is 1. The van der Waals surface area contributed by atoms with E-state index in [1.54, 1.807) is 30.6 Å². The van der Waals surface area contributed by atoms with Gasteiger partial charge in [0.2, 0.25) is 10.0 Å². The molecule has 7 nitrogen and oxygen atoms in total. The van der Waals surface area contributed by atoms with Crippen LogP contribution in [-0.4, -0.2) is 19.4 Å². The van der Waals surface area contributed by atoms with Crippen molar-refractivity contribution in [1.29, 1.82) is 0 Å². The zero-order chi connectivity index (χ0) is 23.8. The third-order valence-electron chi connectivity index (χ3n) is 5.13. The summed E-state index contributed by atoms with van der Waals surface area (Å²) in [7, 11) is -3.70. The lowest BCUT2D eigenvalue weighted by Gasteiger charge is -2.10. The minimum absolute atomic E-state index is 0.120. The van der Waals surface area contributed by atoms with Crippen molar-refractivity contribution in [3.05, 3.63) is 115 Å². The maximum absolute atomic E-state index is 12.7. The van der Waals surface area contributed by atoms with Gasteiger partial charge in [0.15, 0.2) is 0 Å². The number of anilines is 1. The predicted molar refractivity (Wildman–Crippen MR) is 132 cm³/mol. The first kappa shape index (κ1) is 23.2. The van der Waals surface area contributed by atoms with Gasteiger partial charge in [-0.15, -0.1) is 0 Å². The van der Waals surface area contributed by atoms with Crippen molar-refractivity contribution in [3.8, 4) is 11.1 Å². The largest absolute Gasteiger partial charge is 0.334 e. The Hall–Kier alpha value is -4.01. The Morgan fingerprint density at radius 3 is 2.12 bits per heavy atom. The Labute approximate surface area is 198 Å². The molecule has 34 heavy (non-hydrogen) atoms. The van der Waals surface area contributed by atoms with Gasteiger partial charge in [0.1, 0.15) is 0 Å². The van der Waals surface area contributed by atoms with Crippen molar-refractivity contribution in [2.24, 2.45) is 0 Å². The number of rotatable bonds is 8. The summed E-state index contributed by atoms with van der Waals surface area (Å²) in [4.78, 5) is 16.2. The highest BCUT2D eigenvalue weighted by Crippen LogP contribution is 2.20. The molecule has 0 aliphatic heterocycles. The van der Waals surface area contributed by atoms with Crippen LogP contribution in [0.4, 0.5) is 10.5 Å². The monoisotopic (exact) mass is 472 g/mol. The Bertz CT molecular complexity index is 1330. The normalized spacial score (nSPS) is 11.1. The molecule has 2 amide bonds. The summed E-state index contributed by atoms with van der Waals surface area (Å²) >= 11 is 0. The molecule has 0 unspecified atom stereocenters. The number of amides is 2. The molecule has 3 aromatic carbocycles. The number of carbonyl (C=O) groups is 1. The van der Waals surface area contributed by atoms with E-state index in [9.17, 15) is 13.2 Å². The third-order valence-corrected chi connectivity index (χ3v) is 6.54. The molecular formula is C26H24N4O3S. The Morgan fingerprint density at radius 2 is 1.44 bits per heavy atom. The topological polar surface area (TPSA) is 100 Å². The minimum Gasteiger partial charge on any atom is -0.334 e. The van der Waals surface area contributed by atoms with Crippen LogP contribution >= 0.6 is 0 Å². The predicted octanol–water partition coefficient (Wildman–Crippen LogP) is 4.55. The Morgan fingerprint density at radius 1 is 0.735 bits per heavy atom. The highest BCUT2D eigenvalue weighted by Gasteiger charge is 2.14. The van der Waals surface area contributed by atoms with Crippen molar-refractivity contribution in [1.82, 2.24) is 15.0 Å². The van der Waals surface area contributed by atoms with Gasteiger partial charge in [-0.25, -0.2) is 17.9 Å². The van der Waals surface area contributed by atoms with E-state index in [2.05, 4.69) is 20.3 Å². The smallest absolute Gasteiger partial charge is 0.319 e. The van der Waals surface area contributed by atoms with Gasteiger partial charge in [0.25, 0.3) is 0 Å². The van der Waals surface area contributed by atoms with Crippen LogP contribution < -0.4 is 15.4 Å². The molecule has 0 bridgehead atoms. The van der Waals surface area contributed by atoms with Crippen molar-refractivity contribution >= 4 is 21.7 Å². The van der Waals surface area contributed by atoms with Crippen LogP contribution in [0.2, 0.25) is 0 Å². The number of sulfonamides is 1. The van der Waals surface area contributed by atoms with Crippen LogP contribution in [0.3, 0.4) is 0 Å². The molecule has 3 N–H and O–H groups in total. The molecule has 0 saturated carbocycles. The Kier molecular flexibility index (Phi) is 7.31. The molecule has 1 aromatic heterocycles. The van der Waals surface area contributed by atoms with E-state index >= 15 is 0 Å². The van der Waals surface area contributed by atoms with Gasteiger partial charge in [0, 0.05) is 31.2 Å². The molecule has 0 radical (unpaired) electrons. The fourth-order valence-electron chi connectivity index (χ4n) is 3.29. The highest BCUT2D eigenvalue weighted by atomic mass is 32.2. The average Bonchev–Trinajstić information content (AvgIpc) is 2.88. The van der Waals surface area contributed by atoms with E-state index in [1.807, 2.05) is 60.7 Å². The zero-order valence-electron chi connectivity index (χ0n) is 18.3. The lowest BCUT2D eigenvalue weighted by atomic mass is 10.0. The van der Waals surface area contributed by atoms with E-state index in [0.29, 0.717) is 12.2 Å². The molecule has 0 spiro atoms. The SMILES string of the molecule is O=C(NCc1cccnc1)Nc1ccc(S(=O)(=O)NCc2ccc(-c3ccccc3)cc2)cc1. The Balaban J connectivity index is 1.30. The standard InChI is InChI=1S/C26H24N4O3S/c31-26(28-18-21-5-4-16-27-17-21)30-24-12-14-25(15-13-24)34(32,33)29-19-20-8-10-23(11-9-20)22-6-2-1-3-7-22/h1-17,29H,18-19H2,(H2,28,30,31). The number of benzene rings is 3. The number of nitrogens with zero attached hydrogens (tertiary/aromatic N) is 1. The second kappa shape index (κ2) is 10.7. The van der Waals surface area contributed by atoms with Gasteiger partial charge in [-0.2, -0.15) is 0 Å². The summed E-state index contributed by atoms with van der Waals surface area (Å²) in [6.07, 6.45) is 3.33. The van der Waals surface area contributed by atoms with Crippen LogP contribution in [0.5, 0.6) is 0 Å². The number of urea groups is 1. The van der Waals surface area contributed by atoms with Gasteiger partial charge in [-0.05, 0) is 52.6 Å². The number of nitrogens with one attached hydrogen (secondary N) is 3. The lowest BCUT2D eigenvalue weighted by Crippen LogP contribution is -2.28. The van der Waals surface area contributed by atoms with Gasteiger partial charge < -0.3 is 10.6 Å². The van der Waals surface area contributed by atoms with E-state index in [4.69, 9.17) is 0 Å². The third kappa shape index (κ3) is 6.28. The zero-order valence-corrected chi connectivity index (χ0v) is 19.1. The lowest BCUT2D eigenvalue weighted by molar-refractivity contribution is 0.251. The quantitative estimate of drug-likeness (QED) is 0.350. The molecule has 0 aliphatic carbocycles. The number of aromatic nitrogens is 1. The fraction of sp³-hybridized carbons (Fsp3) is 0.0769. The molecule has 0 aliphatic rings. The first-order valence-corrected chi connectivity index (χ1v) is 12.2. The van der Waals surface area contributed by atoms with Gasteiger partial charge in [0.05, 0.1) is 4.90 Å². The summed E-state index contributed by atoms with van der Waals surface area (Å²) in [6.45, 7) is 0.510. The summed E-state index contributed by atoms with van der Waals surface area (Å²) in [5, 5.41) is 5.41. The molecular weight excluding hydrogens is 448 g/mol. The van der Waals surface area contributed by atoms with E-state index in [-0.39, 0.29) is 11.4 Å². The number of hydrogen-bond donors (Lipinski definition) is 3. The van der Waals surface area contributed by atoms with Crippen LogP contribution in [0.25, 0.3) is 11.1 Å². The van der Waals surface area contributed by atoms with E-state index < -0.39 is 16.1 Å². The van der Waals surface area contributed by atoms with Crippen molar-refractivity contribution in [2.75, 3.05) is 5.32 Å². The summed E-state index contributed by atoms with van der Waals surface area (Å²) in [6, 6.07) is 27.0. The van der Waals surface area contributed by atoms with Crippen molar-refractivity contribution < 1.29 is 13.2 Å². The second-order valence-electron chi connectivity index (χ2n) is 7.58. The molecule has 4 aromatic rings. The first-order chi connectivity index (χ1) is 16.5. The van der Waals surface area contributed by atoms with Crippen LogP contribution in [-0.2, 0) is 23.1 Å². The minimum atomic E-state index is -3.70. The van der Waals surface area contributed by atoms with Crippen LogP contribution in [0.15, 0.2) is 108 Å². The van der Waals surface area contributed by atoms with Crippen molar-refractivity contribution in [3.63, 3.8) is 0 Å². The molecule has 172 valence electrons. The molecule has 0 atom stereocenters. The molecule has 4 rings (SSSR count). The van der Waals surface area contributed by atoms with E-state index in [1.165, 1.54) is 12.1 Å². The first-order valence-electron chi connectivity index (χ1n) is 10.7. The maximum Gasteiger partial charge on any atom is 0.319 e. The summed E-state index contributed by atoms with van der Waals surface area (Å²) in [5.41, 5.74) is 4.39. The molecule has 0 fully saturated rings. The summed E-state index contributed by atoms with van der Waals surface area (Å²) < 4.78 is 28.0. The highest BCUT2D eigenvalue weighted by molar-refractivity contribution is 7.89. The number of hydrogen-bond acceptors (Lipinski definition) is 4. The van der Waals surface area contributed by atoms with Crippen LogP contribution in [0.1, 0.15) is 11.1 Å². The van der Waals surface area contributed by atoms with Gasteiger partial charge in [-0.3, -0.25) is 4.98 Å². The average molecular weight is 473 g/mol. The van der Waals surface area contributed by atoms with Crippen LogP contribution in [0, 0.1) is 0 Å². The molecule has 0 saturated heterocycles. The second-order valence-corrected chi connectivity index (χ2v) is 9.35. The van der Waals surface area contributed by atoms with Gasteiger partial charge >= 0.3 is 6.03 Å². The maximum atomic E-state index is 12.7. The van der Waals surface area contributed by atoms with E-state index in [0.717, 1.165) is 22.3 Å². The van der Waals surface area contributed by atoms with Crippen molar-refractivity contribution in [2.45, 2.75) is 18.0 Å². The molecule has 1 heterocycles. The summed E-state index contributed by atoms with van der Waals surface area (Å²) in [5.74, 6) is 0. The number of pyridine rings is 1. The molecule has 8 heteroatoms. The van der Waals surface area contributed by atoms with Gasteiger partial charge in [-0.1, -0.05) is 60.7 Å². The fourth-order valence-corrected chi connectivity index (χ4v) is 4.30.